The number of carbonyl (C=O) groups excluding carboxylic acids is 1. The minimum absolute atomic E-state index is 0.138. The van der Waals surface area contributed by atoms with E-state index in [-0.39, 0.29) is 5.69 Å². The van der Waals surface area contributed by atoms with Gasteiger partial charge in [0.25, 0.3) is 11.6 Å². The van der Waals surface area contributed by atoms with Crippen molar-refractivity contribution in [3.8, 4) is 0 Å². The highest BCUT2D eigenvalue weighted by atomic mass is 19.4. The first-order valence-electron chi connectivity index (χ1n) is 6.43. The predicted octanol–water partition coefficient (Wildman–Crippen LogP) is 1.96. The average molecular weight is 341 g/mol. The number of rotatable bonds is 5. The summed E-state index contributed by atoms with van der Waals surface area (Å²) in [6.45, 7) is -0.456. The third-order valence-corrected chi connectivity index (χ3v) is 2.72. The van der Waals surface area contributed by atoms with Gasteiger partial charge in [-0.1, -0.05) is 12.1 Å². The molecule has 1 heterocycles. The van der Waals surface area contributed by atoms with E-state index in [1.165, 1.54) is 30.5 Å². The van der Waals surface area contributed by atoms with E-state index in [4.69, 9.17) is 0 Å². The summed E-state index contributed by atoms with van der Waals surface area (Å²) >= 11 is 0. The Labute approximate surface area is 132 Å². The summed E-state index contributed by atoms with van der Waals surface area (Å²) in [5.74, 6) is -0.700. The second-order valence-corrected chi connectivity index (χ2v) is 4.54. The van der Waals surface area contributed by atoms with Crippen molar-refractivity contribution in [2.24, 2.45) is 5.10 Å². The topological polar surface area (TPSA) is 102 Å². The molecule has 8 nitrogen and oxygen atoms in total. The average Bonchev–Trinajstić information content (AvgIpc) is 2.96. The van der Waals surface area contributed by atoms with Gasteiger partial charge in [-0.2, -0.15) is 23.4 Å². The van der Waals surface area contributed by atoms with Gasteiger partial charge >= 0.3 is 6.18 Å². The second-order valence-electron chi connectivity index (χ2n) is 4.54. The SMILES string of the molecule is O=C(Cn1ccc(C(F)(F)F)n1)N/N=C\c1cccc([N+](=O)[O-])c1. The monoisotopic (exact) mass is 341 g/mol. The lowest BCUT2D eigenvalue weighted by molar-refractivity contribution is -0.384. The van der Waals surface area contributed by atoms with Gasteiger partial charge in [0, 0.05) is 23.9 Å². The summed E-state index contributed by atoms with van der Waals surface area (Å²) in [6, 6.07) is 6.28. The number of alkyl halides is 3. The van der Waals surface area contributed by atoms with Crippen molar-refractivity contribution in [1.29, 1.82) is 0 Å². The third-order valence-electron chi connectivity index (χ3n) is 2.72. The van der Waals surface area contributed by atoms with Gasteiger partial charge in [-0.25, -0.2) is 5.43 Å². The number of carbonyl (C=O) groups is 1. The van der Waals surface area contributed by atoms with Crippen LogP contribution in [0.25, 0.3) is 0 Å². The molecule has 0 unspecified atom stereocenters. The zero-order chi connectivity index (χ0) is 17.7. The molecule has 126 valence electrons. The number of hydrogen-bond acceptors (Lipinski definition) is 5. The largest absolute Gasteiger partial charge is 0.435 e. The number of nitrogens with zero attached hydrogens (tertiary/aromatic N) is 4. The number of hydrogen-bond donors (Lipinski definition) is 1. The fraction of sp³-hybridized carbons (Fsp3) is 0.154. The molecule has 0 saturated heterocycles. The molecule has 0 aliphatic heterocycles. The quantitative estimate of drug-likeness (QED) is 0.510. The third kappa shape index (κ3) is 4.63. The summed E-state index contributed by atoms with van der Waals surface area (Å²) in [5.41, 5.74) is 1.23. The van der Waals surface area contributed by atoms with Crippen LogP contribution in [0.2, 0.25) is 0 Å². The smallest absolute Gasteiger partial charge is 0.271 e. The van der Waals surface area contributed by atoms with Crippen molar-refractivity contribution in [3.05, 3.63) is 57.9 Å². The molecular weight excluding hydrogens is 331 g/mol. The Hall–Kier alpha value is -3.24. The highest BCUT2D eigenvalue weighted by Crippen LogP contribution is 2.27. The number of benzene rings is 1. The summed E-state index contributed by atoms with van der Waals surface area (Å²) in [7, 11) is 0. The molecule has 1 aromatic heterocycles. The number of nitrogens with one attached hydrogen (secondary N) is 1. The van der Waals surface area contributed by atoms with Crippen LogP contribution in [0.4, 0.5) is 18.9 Å². The molecule has 1 aromatic carbocycles. The van der Waals surface area contributed by atoms with Crippen LogP contribution in [0.1, 0.15) is 11.3 Å². The van der Waals surface area contributed by atoms with Gasteiger partial charge in [0.15, 0.2) is 5.69 Å². The number of hydrazone groups is 1. The maximum absolute atomic E-state index is 12.4. The van der Waals surface area contributed by atoms with E-state index in [2.05, 4.69) is 15.6 Å². The van der Waals surface area contributed by atoms with Crippen LogP contribution in [0.15, 0.2) is 41.6 Å². The molecule has 24 heavy (non-hydrogen) atoms. The summed E-state index contributed by atoms with van der Waals surface area (Å²) in [4.78, 5) is 21.6. The fourth-order valence-electron chi connectivity index (χ4n) is 1.68. The zero-order valence-corrected chi connectivity index (χ0v) is 11.9. The molecule has 1 amide bonds. The highest BCUT2D eigenvalue weighted by Gasteiger charge is 2.33. The van der Waals surface area contributed by atoms with Crippen molar-refractivity contribution in [1.82, 2.24) is 15.2 Å². The molecule has 2 rings (SSSR count). The molecule has 0 radical (unpaired) electrons. The summed E-state index contributed by atoms with van der Waals surface area (Å²) < 4.78 is 37.9. The Morgan fingerprint density at radius 3 is 2.79 bits per heavy atom. The number of aromatic nitrogens is 2. The molecule has 1 N–H and O–H groups in total. The fourth-order valence-corrected chi connectivity index (χ4v) is 1.68. The Balaban J connectivity index is 1.92. The zero-order valence-electron chi connectivity index (χ0n) is 11.9. The van der Waals surface area contributed by atoms with Crippen LogP contribution in [-0.4, -0.2) is 26.8 Å². The molecule has 0 atom stereocenters. The Kier molecular flexibility index (Phi) is 4.92. The lowest BCUT2D eigenvalue weighted by atomic mass is 10.2. The molecule has 2 aromatic rings. The van der Waals surface area contributed by atoms with Gasteiger partial charge in [-0.05, 0) is 6.07 Å². The molecule has 0 aliphatic carbocycles. The van der Waals surface area contributed by atoms with Gasteiger partial charge in [0.1, 0.15) is 6.54 Å². The molecule has 0 aliphatic rings. The minimum atomic E-state index is -4.58. The lowest BCUT2D eigenvalue weighted by Crippen LogP contribution is -2.23. The molecule has 0 bridgehead atoms. The van der Waals surface area contributed by atoms with Gasteiger partial charge in [-0.3, -0.25) is 19.6 Å². The van der Waals surface area contributed by atoms with Crippen LogP contribution < -0.4 is 5.43 Å². The number of nitro benzene ring substituents is 1. The number of amides is 1. The van der Waals surface area contributed by atoms with E-state index in [0.717, 1.165) is 16.9 Å². The van der Waals surface area contributed by atoms with E-state index < -0.39 is 29.2 Å². The molecular formula is C13H10F3N5O3. The van der Waals surface area contributed by atoms with E-state index in [1.54, 1.807) is 0 Å². The summed E-state index contributed by atoms with van der Waals surface area (Å²) in [5, 5.41) is 17.4. The van der Waals surface area contributed by atoms with Gasteiger partial charge in [0.05, 0.1) is 11.1 Å². The Morgan fingerprint density at radius 1 is 1.42 bits per heavy atom. The lowest BCUT2D eigenvalue weighted by Gasteiger charge is -2.02. The van der Waals surface area contributed by atoms with Gasteiger partial charge in [-0.15, -0.1) is 0 Å². The van der Waals surface area contributed by atoms with Gasteiger partial charge < -0.3 is 0 Å². The van der Waals surface area contributed by atoms with E-state index >= 15 is 0 Å². The normalized spacial score (nSPS) is 11.6. The van der Waals surface area contributed by atoms with Gasteiger partial charge in [0.2, 0.25) is 0 Å². The molecule has 0 saturated carbocycles. The Morgan fingerprint density at radius 2 is 2.17 bits per heavy atom. The molecule has 0 spiro atoms. The number of nitro groups is 1. The predicted molar refractivity (Wildman–Crippen MR) is 76.1 cm³/mol. The van der Waals surface area contributed by atoms with Crippen molar-refractivity contribution in [2.75, 3.05) is 0 Å². The van der Waals surface area contributed by atoms with Crippen molar-refractivity contribution in [3.63, 3.8) is 0 Å². The first kappa shape index (κ1) is 17.1. The molecule has 0 fully saturated rings. The minimum Gasteiger partial charge on any atom is -0.271 e. The van der Waals surface area contributed by atoms with E-state index in [0.29, 0.717) is 5.56 Å². The van der Waals surface area contributed by atoms with Crippen molar-refractivity contribution in [2.45, 2.75) is 12.7 Å². The van der Waals surface area contributed by atoms with E-state index in [1.807, 2.05) is 0 Å². The first-order chi connectivity index (χ1) is 11.3. The maximum atomic E-state index is 12.4. The van der Waals surface area contributed by atoms with Crippen molar-refractivity contribution < 1.29 is 22.9 Å². The molecule has 11 heteroatoms. The van der Waals surface area contributed by atoms with Crippen LogP contribution in [0.5, 0.6) is 0 Å². The van der Waals surface area contributed by atoms with Crippen LogP contribution in [0, 0.1) is 10.1 Å². The first-order valence-corrected chi connectivity index (χ1v) is 6.43. The van der Waals surface area contributed by atoms with E-state index in [9.17, 15) is 28.1 Å². The standard InChI is InChI=1S/C13H10F3N5O3/c14-13(15,16)11-4-5-20(19-11)8-12(22)18-17-7-9-2-1-3-10(6-9)21(23)24/h1-7H,8H2,(H,18,22)/b17-7-. The van der Waals surface area contributed by atoms with Crippen molar-refractivity contribution >= 4 is 17.8 Å². The second kappa shape index (κ2) is 6.89. The van der Waals surface area contributed by atoms with Crippen LogP contribution in [-0.2, 0) is 17.5 Å². The summed E-state index contributed by atoms with van der Waals surface area (Å²) in [6.07, 6.45) is -2.39. The Bertz CT molecular complexity index is 785. The van der Waals surface area contributed by atoms with Crippen LogP contribution in [0.3, 0.4) is 0 Å². The highest BCUT2D eigenvalue weighted by molar-refractivity contribution is 5.83. The van der Waals surface area contributed by atoms with Crippen LogP contribution >= 0.6 is 0 Å². The number of non-ortho nitro benzene ring substituents is 1. The maximum Gasteiger partial charge on any atom is 0.435 e. The number of halogens is 3.